The Kier molecular flexibility index (Phi) is 4.15. The monoisotopic (exact) mass is 248 g/mol. The second-order valence-corrected chi connectivity index (χ2v) is 4.78. The second kappa shape index (κ2) is 5.82. The van der Waals surface area contributed by atoms with E-state index in [4.69, 9.17) is 5.84 Å². The first kappa shape index (κ1) is 12.8. The molecule has 0 spiro atoms. The van der Waals surface area contributed by atoms with E-state index in [1.54, 1.807) is 18.3 Å². The van der Waals surface area contributed by atoms with Crippen LogP contribution in [-0.4, -0.2) is 28.9 Å². The highest BCUT2D eigenvalue weighted by molar-refractivity contribution is 5.94. The molecule has 0 atom stereocenters. The van der Waals surface area contributed by atoms with Gasteiger partial charge in [-0.1, -0.05) is 19.3 Å². The maximum Gasteiger partial charge on any atom is 0.255 e. The Morgan fingerprint density at radius 2 is 2.11 bits per heavy atom. The van der Waals surface area contributed by atoms with Crippen molar-refractivity contribution < 1.29 is 4.79 Å². The van der Waals surface area contributed by atoms with Gasteiger partial charge >= 0.3 is 0 Å². The van der Waals surface area contributed by atoms with Crippen molar-refractivity contribution in [2.75, 3.05) is 12.5 Å². The van der Waals surface area contributed by atoms with Crippen molar-refractivity contribution in [2.45, 2.75) is 38.1 Å². The summed E-state index contributed by atoms with van der Waals surface area (Å²) in [7, 11) is 1.88. The fourth-order valence-electron chi connectivity index (χ4n) is 2.44. The number of rotatable bonds is 3. The molecule has 18 heavy (non-hydrogen) atoms. The first-order valence-electron chi connectivity index (χ1n) is 6.42. The summed E-state index contributed by atoms with van der Waals surface area (Å²) in [6.07, 6.45) is 7.51. The molecule has 98 valence electrons. The number of hydrogen-bond donors (Lipinski definition) is 2. The maximum absolute atomic E-state index is 12.3. The lowest BCUT2D eigenvalue weighted by atomic mass is 9.94. The average Bonchev–Trinajstić information content (AvgIpc) is 2.47. The van der Waals surface area contributed by atoms with E-state index in [0.717, 1.165) is 12.8 Å². The van der Waals surface area contributed by atoms with Gasteiger partial charge in [0, 0.05) is 19.3 Å². The van der Waals surface area contributed by atoms with Gasteiger partial charge in [0.15, 0.2) is 0 Å². The normalized spacial score (nSPS) is 16.3. The zero-order valence-corrected chi connectivity index (χ0v) is 10.7. The van der Waals surface area contributed by atoms with Crippen LogP contribution in [0.25, 0.3) is 0 Å². The van der Waals surface area contributed by atoms with Crippen molar-refractivity contribution in [3.8, 4) is 0 Å². The predicted octanol–water partition coefficient (Wildman–Crippen LogP) is 1.77. The third-order valence-electron chi connectivity index (χ3n) is 3.60. The Bertz CT molecular complexity index is 398. The molecule has 0 aromatic carbocycles. The molecule has 3 N–H and O–H groups in total. The van der Waals surface area contributed by atoms with Gasteiger partial charge in [0.05, 0.1) is 5.56 Å². The molecule has 0 unspecified atom stereocenters. The van der Waals surface area contributed by atoms with Gasteiger partial charge in [-0.3, -0.25) is 4.79 Å². The van der Waals surface area contributed by atoms with E-state index in [0.29, 0.717) is 17.4 Å². The van der Waals surface area contributed by atoms with Gasteiger partial charge in [-0.15, -0.1) is 0 Å². The Balaban J connectivity index is 2.04. The third kappa shape index (κ3) is 2.79. The standard InChI is InChI=1S/C13H20N4O/c1-17(11-5-3-2-4-6-11)13(18)10-7-8-12(16-14)15-9-10/h7-9,11H,2-6,14H2,1H3,(H,15,16). The van der Waals surface area contributed by atoms with E-state index in [1.165, 1.54) is 19.3 Å². The molecule has 1 saturated carbocycles. The summed E-state index contributed by atoms with van der Waals surface area (Å²) < 4.78 is 0. The van der Waals surface area contributed by atoms with E-state index >= 15 is 0 Å². The number of nitrogens with zero attached hydrogens (tertiary/aromatic N) is 2. The molecule has 1 aromatic heterocycles. The molecule has 1 heterocycles. The Labute approximate surface area is 107 Å². The number of hydrazine groups is 1. The van der Waals surface area contributed by atoms with Gasteiger partial charge in [0.25, 0.3) is 5.91 Å². The van der Waals surface area contributed by atoms with Crippen molar-refractivity contribution in [3.05, 3.63) is 23.9 Å². The maximum atomic E-state index is 12.3. The van der Waals surface area contributed by atoms with Gasteiger partial charge in [-0.2, -0.15) is 0 Å². The molecule has 2 rings (SSSR count). The highest BCUT2D eigenvalue weighted by Crippen LogP contribution is 2.22. The summed E-state index contributed by atoms with van der Waals surface area (Å²) >= 11 is 0. The van der Waals surface area contributed by atoms with Crippen LogP contribution >= 0.6 is 0 Å². The zero-order chi connectivity index (χ0) is 13.0. The summed E-state index contributed by atoms with van der Waals surface area (Å²) in [5, 5.41) is 0. The van der Waals surface area contributed by atoms with Crippen molar-refractivity contribution in [1.29, 1.82) is 0 Å². The number of amides is 1. The quantitative estimate of drug-likeness (QED) is 0.631. The number of carbonyl (C=O) groups is 1. The van der Waals surface area contributed by atoms with Crippen molar-refractivity contribution in [1.82, 2.24) is 9.88 Å². The van der Waals surface area contributed by atoms with E-state index in [9.17, 15) is 4.79 Å². The molecular formula is C13H20N4O. The number of nitrogens with one attached hydrogen (secondary N) is 1. The molecule has 1 aromatic rings. The van der Waals surface area contributed by atoms with Crippen LogP contribution in [0.3, 0.4) is 0 Å². The molecule has 1 amide bonds. The van der Waals surface area contributed by atoms with Gasteiger partial charge in [0.2, 0.25) is 0 Å². The van der Waals surface area contributed by atoms with Gasteiger partial charge in [-0.05, 0) is 25.0 Å². The number of aromatic nitrogens is 1. The SMILES string of the molecule is CN(C(=O)c1ccc(NN)nc1)C1CCCCC1. The molecule has 1 aliphatic carbocycles. The smallest absolute Gasteiger partial charge is 0.255 e. The molecule has 0 radical (unpaired) electrons. The summed E-state index contributed by atoms with van der Waals surface area (Å²) in [5.41, 5.74) is 3.06. The molecule has 1 aliphatic rings. The summed E-state index contributed by atoms with van der Waals surface area (Å²) in [6, 6.07) is 3.84. The number of pyridine rings is 1. The predicted molar refractivity (Wildman–Crippen MR) is 71.0 cm³/mol. The van der Waals surface area contributed by atoms with Crippen LogP contribution in [0, 0.1) is 0 Å². The first-order chi connectivity index (χ1) is 8.72. The Hall–Kier alpha value is -1.62. The molecular weight excluding hydrogens is 228 g/mol. The topological polar surface area (TPSA) is 71.2 Å². The van der Waals surface area contributed by atoms with Gasteiger partial charge < -0.3 is 10.3 Å². The van der Waals surface area contributed by atoms with Crippen LogP contribution < -0.4 is 11.3 Å². The summed E-state index contributed by atoms with van der Waals surface area (Å²) in [5.74, 6) is 5.85. The number of hydrogen-bond acceptors (Lipinski definition) is 4. The molecule has 5 nitrogen and oxygen atoms in total. The molecule has 0 saturated heterocycles. The highest BCUT2D eigenvalue weighted by atomic mass is 16.2. The lowest BCUT2D eigenvalue weighted by molar-refractivity contribution is 0.0696. The zero-order valence-electron chi connectivity index (χ0n) is 10.7. The highest BCUT2D eigenvalue weighted by Gasteiger charge is 2.22. The van der Waals surface area contributed by atoms with Crippen LogP contribution in [0.4, 0.5) is 5.82 Å². The number of nitrogens with two attached hydrogens (primary N) is 1. The second-order valence-electron chi connectivity index (χ2n) is 4.78. The minimum atomic E-state index is 0.0398. The van der Waals surface area contributed by atoms with E-state index in [-0.39, 0.29) is 5.91 Å². The molecule has 1 fully saturated rings. The number of nitrogen functional groups attached to an aromatic ring is 1. The van der Waals surface area contributed by atoms with Crippen LogP contribution in [-0.2, 0) is 0 Å². The molecule has 0 aliphatic heterocycles. The molecule has 0 bridgehead atoms. The lowest BCUT2D eigenvalue weighted by Crippen LogP contribution is -2.38. The fraction of sp³-hybridized carbons (Fsp3) is 0.538. The molecule has 5 heteroatoms. The van der Waals surface area contributed by atoms with Gasteiger partial charge in [0.1, 0.15) is 5.82 Å². The van der Waals surface area contributed by atoms with E-state index < -0.39 is 0 Å². The van der Waals surface area contributed by atoms with Crippen LogP contribution in [0.1, 0.15) is 42.5 Å². The third-order valence-corrected chi connectivity index (χ3v) is 3.60. The van der Waals surface area contributed by atoms with Crippen LogP contribution in [0.5, 0.6) is 0 Å². The van der Waals surface area contributed by atoms with Crippen LogP contribution in [0.2, 0.25) is 0 Å². The first-order valence-corrected chi connectivity index (χ1v) is 6.42. The summed E-state index contributed by atoms with van der Waals surface area (Å²) in [6.45, 7) is 0. The number of carbonyl (C=O) groups excluding carboxylic acids is 1. The number of anilines is 1. The van der Waals surface area contributed by atoms with Gasteiger partial charge in [-0.25, -0.2) is 10.8 Å². The van der Waals surface area contributed by atoms with Crippen LogP contribution in [0.15, 0.2) is 18.3 Å². The largest absolute Gasteiger partial charge is 0.339 e. The average molecular weight is 248 g/mol. The van der Waals surface area contributed by atoms with E-state index in [2.05, 4.69) is 10.4 Å². The Morgan fingerprint density at radius 1 is 1.39 bits per heavy atom. The summed E-state index contributed by atoms with van der Waals surface area (Å²) in [4.78, 5) is 18.2. The van der Waals surface area contributed by atoms with Crippen molar-refractivity contribution >= 4 is 11.7 Å². The van der Waals surface area contributed by atoms with Crippen molar-refractivity contribution in [3.63, 3.8) is 0 Å². The minimum Gasteiger partial charge on any atom is -0.339 e. The fourth-order valence-corrected chi connectivity index (χ4v) is 2.44. The lowest BCUT2D eigenvalue weighted by Gasteiger charge is -2.31. The van der Waals surface area contributed by atoms with E-state index in [1.807, 2.05) is 11.9 Å². The Morgan fingerprint density at radius 3 is 2.67 bits per heavy atom. The van der Waals surface area contributed by atoms with Crippen molar-refractivity contribution in [2.24, 2.45) is 5.84 Å². The minimum absolute atomic E-state index is 0.0398.